The van der Waals surface area contributed by atoms with Gasteiger partial charge in [0.05, 0.1) is 12.3 Å². The number of nitrogens with one attached hydrogen (secondary N) is 1. The first-order valence-corrected chi connectivity index (χ1v) is 9.06. The Morgan fingerprint density at radius 2 is 2.10 bits per heavy atom. The number of nitrogens with zero attached hydrogens (tertiary/aromatic N) is 2. The van der Waals surface area contributed by atoms with Crippen molar-refractivity contribution < 1.29 is 4.74 Å². The minimum atomic E-state index is 0.625. The van der Waals surface area contributed by atoms with Crippen molar-refractivity contribution in [3.05, 3.63) is 10.6 Å². The van der Waals surface area contributed by atoms with Crippen LogP contribution in [0.3, 0.4) is 0 Å². The van der Waals surface area contributed by atoms with Crippen LogP contribution in [0, 0.1) is 11.8 Å². The summed E-state index contributed by atoms with van der Waals surface area (Å²) in [5, 5.41) is 4.70. The lowest BCUT2D eigenvalue weighted by Gasteiger charge is -2.15. The third-order valence-corrected chi connectivity index (χ3v) is 5.92. The van der Waals surface area contributed by atoms with E-state index in [1.54, 1.807) is 7.11 Å². The highest BCUT2D eigenvalue weighted by Crippen LogP contribution is 2.41. The van der Waals surface area contributed by atoms with Gasteiger partial charge in [-0.05, 0) is 37.6 Å². The van der Waals surface area contributed by atoms with Crippen molar-refractivity contribution in [2.45, 2.75) is 45.8 Å². The van der Waals surface area contributed by atoms with Gasteiger partial charge < -0.3 is 15.0 Å². The lowest BCUT2D eigenvalue weighted by molar-refractivity contribution is 0.181. The van der Waals surface area contributed by atoms with E-state index in [1.807, 2.05) is 11.3 Å². The van der Waals surface area contributed by atoms with Crippen LogP contribution in [0.2, 0.25) is 0 Å². The highest BCUT2D eigenvalue weighted by molar-refractivity contribution is 7.15. The molecule has 118 valence electrons. The van der Waals surface area contributed by atoms with Crippen molar-refractivity contribution in [2.24, 2.45) is 11.8 Å². The third kappa shape index (κ3) is 3.41. The first-order chi connectivity index (χ1) is 10.3. The number of aromatic nitrogens is 1. The van der Waals surface area contributed by atoms with Crippen LogP contribution in [0.1, 0.15) is 43.2 Å². The van der Waals surface area contributed by atoms with Crippen LogP contribution in [0.5, 0.6) is 0 Å². The SMILES string of the molecule is CCCNCc1sc(N2CC3CCCC3C2)nc1COC. The Hall–Kier alpha value is -0.650. The molecule has 1 aromatic rings. The molecule has 1 saturated carbocycles. The fourth-order valence-electron chi connectivity index (χ4n) is 3.66. The van der Waals surface area contributed by atoms with E-state index in [4.69, 9.17) is 9.72 Å². The summed E-state index contributed by atoms with van der Waals surface area (Å²) in [5.74, 6) is 1.84. The number of hydrogen-bond donors (Lipinski definition) is 1. The summed E-state index contributed by atoms with van der Waals surface area (Å²) >= 11 is 1.86. The van der Waals surface area contributed by atoms with E-state index >= 15 is 0 Å². The van der Waals surface area contributed by atoms with Gasteiger partial charge in [0.15, 0.2) is 5.13 Å². The molecule has 3 rings (SSSR count). The number of ether oxygens (including phenoxy) is 1. The first-order valence-electron chi connectivity index (χ1n) is 8.25. The van der Waals surface area contributed by atoms with Crippen molar-refractivity contribution in [1.82, 2.24) is 10.3 Å². The number of thiazole rings is 1. The Morgan fingerprint density at radius 1 is 1.33 bits per heavy atom. The van der Waals surface area contributed by atoms with Gasteiger partial charge in [-0.1, -0.05) is 13.3 Å². The first kappa shape index (κ1) is 15.3. The van der Waals surface area contributed by atoms with Crippen LogP contribution < -0.4 is 10.2 Å². The minimum Gasteiger partial charge on any atom is -0.378 e. The molecule has 0 aromatic carbocycles. The molecule has 1 saturated heterocycles. The van der Waals surface area contributed by atoms with Crippen molar-refractivity contribution in [3.63, 3.8) is 0 Å². The van der Waals surface area contributed by atoms with Crippen LogP contribution in [0.15, 0.2) is 0 Å². The van der Waals surface area contributed by atoms with Crippen molar-refractivity contribution >= 4 is 16.5 Å². The summed E-state index contributed by atoms with van der Waals surface area (Å²) in [6.07, 6.45) is 5.44. The smallest absolute Gasteiger partial charge is 0.185 e. The molecular weight excluding hydrogens is 282 g/mol. The molecule has 21 heavy (non-hydrogen) atoms. The second kappa shape index (κ2) is 7.07. The van der Waals surface area contributed by atoms with E-state index in [0.29, 0.717) is 6.61 Å². The molecule has 2 atom stereocenters. The molecule has 0 radical (unpaired) electrons. The van der Waals surface area contributed by atoms with E-state index in [0.717, 1.165) is 30.6 Å². The molecule has 2 unspecified atom stereocenters. The molecule has 2 aliphatic rings. The summed E-state index contributed by atoms with van der Waals surface area (Å²) < 4.78 is 5.32. The molecule has 1 N–H and O–H groups in total. The highest BCUT2D eigenvalue weighted by Gasteiger charge is 2.37. The molecule has 4 nitrogen and oxygen atoms in total. The number of rotatable bonds is 7. The van der Waals surface area contributed by atoms with E-state index in [9.17, 15) is 0 Å². The van der Waals surface area contributed by atoms with E-state index in [-0.39, 0.29) is 0 Å². The van der Waals surface area contributed by atoms with Crippen LogP contribution in [0.25, 0.3) is 0 Å². The average Bonchev–Trinajstić information content (AvgIpc) is 3.13. The number of hydrogen-bond acceptors (Lipinski definition) is 5. The predicted octanol–water partition coefficient (Wildman–Crippen LogP) is 3.03. The van der Waals surface area contributed by atoms with Crippen LogP contribution >= 0.6 is 11.3 Å². The van der Waals surface area contributed by atoms with Gasteiger partial charge in [0, 0.05) is 31.6 Å². The summed E-state index contributed by atoms with van der Waals surface area (Å²) in [4.78, 5) is 8.73. The topological polar surface area (TPSA) is 37.4 Å². The Morgan fingerprint density at radius 3 is 2.76 bits per heavy atom. The van der Waals surface area contributed by atoms with Crippen LogP contribution in [0.4, 0.5) is 5.13 Å². The summed E-state index contributed by atoms with van der Waals surface area (Å²) in [7, 11) is 1.75. The van der Waals surface area contributed by atoms with Gasteiger partial charge in [0.2, 0.25) is 0 Å². The lowest BCUT2D eigenvalue weighted by Crippen LogP contribution is -2.20. The zero-order valence-corrected chi connectivity index (χ0v) is 14.0. The van der Waals surface area contributed by atoms with Crippen molar-refractivity contribution in [1.29, 1.82) is 0 Å². The largest absolute Gasteiger partial charge is 0.378 e. The lowest BCUT2D eigenvalue weighted by atomic mass is 10.0. The normalized spacial score (nSPS) is 24.8. The fraction of sp³-hybridized carbons (Fsp3) is 0.812. The molecule has 0 bridgehead atoms. The second-order valence-electron chi connectivity index (χ2n) is 6.33. The molecule has 0 amide bonds. The molecule has 2 fully saturated rings. The monoisotopic (exact) mass is 309 g/mol. The fourth-order valence-corrected chi connectivity index (χ4v) is 4.71. The van der Waals surface area contributed by atoms with E-state index < -0.39 is 0 Å². The second-order valence-corrected chi connectivity index (χ2v) is 7.39. The molecule has 2 heterocycles. The molecular formula is C16H27N3OS. The summed E-state index contributed by atoms with van der Waals surface area (Å²) in [6, 6.07) is 0. The Kier molecular flexibility index (Phi) is 5.14. The number of anilines is 1. The molecule has 1 aromatic heterocycles. The van der Waals surface area contributed by atoms with E-state index in [1.165, 1.54) is 48.8 Å². The van der Waals surface area contributed by atoms with Gasteiger partial charge in [0.1, 0.15) is 0 Å². The minimum absolute atomic E-state index is 0.625. The number of methoxy groups -OCH3 is 1. The van der Waals surface area contributed by atoms with Crippen LogP contribution in [-0.4, -0.2) is 31.7 Å². The Bertz CT molecular complexity index is 450. The van der Waals surface area contributed by atoms with Crippen molar-refractivity contribution in [2.75, 3.05) is 31.6 Å². The maximum absolute atomic E-state index is 5.32. The Balaban J connectivity index is 1.68. The highest BCUT2D eigenvalue weighted by atomic mass is 32.1. The Labute approximate surface area is 131 Å². The molecule has 1 aliphatic heterocycles. The van der Waals surface area contributed by atoms with Gasteiger partial charge in [-0.3, -0.25) is 0 Å². The average molecular weight is 309 g/mol. The zero-order chi connectivity index (χ0) is 14.7. The zero-order valence-electron chi connectivity index (χ0n) is 13.2. The van der Waals surface area contributed by atoms with Gasteiger partial charge >= 0.3 is 0 Å². The summed E-state index contributed by atoms with van der Waals surface area (Å²) in [5.41, 5.74) is 1.12. The van der Waals surface area contributed by atoms with Gasteiger partial charge in [-0.15, -0.1) is 11.3 Å². The molecule has 0 spiro atoms. The maximum atomic E-state index is 5.32. The summed E-state index contributed by atoms with van der Waals surface area (Å²) in [6.45, 7) is 7.24. The van der Waals surface area contributed by atoms with Crippen molar-refractivity contribution in [3.8, 4) is 0 Å². The predicted molar refractivity (Wildman–Crippen MR) is 87.9 cm³/mol. The van der Waals surface area contributed by atoms with Gasteiger partial charge in [0.25, 0.3) is 0 Å². The quantitative estimate of drug-likeness (QED) is 0.786. The molecule has 5 heteroatoms. The van der Waals surface area contributed by atoms with Gasteiger partial charge in [-0.25, -0.2) is 4.98 Å². The third-order valence-electron chi connectivity index (χ3n) is 4.76. The number of fused-ring (bicyclic) bond motifs is 1. The maximum Gasteiger partial charge on any atom is 0.185 e. The van der Waals surface area contributed by atoms with Gasteiger partial charge in [-0.2, -0.15) is 0 Å². The molecule has 1 aliphatic carbocycles. The standard InChI is InChI=1S/C16H27N3OS/c1-3-7-17-8-15-14(11-20-2)18-16(21-15)19-9-12-5-4-6-13(12)10-19/h12-13,17H,3-11H2,1-2H3. The van der Waals surface area contributed by atoms with E-state index in [2.05, 4.69) is 17.1 Å². The van der Waals surface area contributed by atoms with Crippen LogP contribution in [-0.2, 0) is 17.9 Å².